The van der Waals surface area contributed by atoms with E-state index in [1.54, 1.807) is 14.2 Å². The minimum absolute atomic E-state index is 0.0260. The second-order valence-electron chi connectivity index (χ2n) is 6.64. The van der Waals surface area contributed by atoms with Crippen LogP contribution in [0.15, 0.2) is 6.20 Å². The van der Waals surface area contributed by atoms with Crippen molar-refractivity contribution in [2.24, 2.45) is 0 Å². The van der Waals surface area contributed by atoms with Crippen LogP contribution < -0.4 is 0 Å². The van der Waals surface area contributed by atoms with Gasteiger partial charge in [-0.25, -0.2) is 4.68 Å². The number of hydrogen-bond donors (Lipinski definition) is 0. The monoisotopic (exact) mass is 321 g/mol. The molecule has 1 aromatic rings. The van der Waals surface area contributed by atoms with E-state index in [9.17, 15) is 0 Å². The first-order chi connectivity index (χ1) is 11.1. The molecule has 3 heterocycles. The molecule has 0 spiro atoms. The average Bonchev–Trinajstić information content (AvgIpc) is 3.19. The van der Waals surface area contributed by atoms with Crippen LogP contribution in [-0.2, 0) is 25.5 Å². The van der Waals surface area contributed by atoms with E-state index in [1.807, 2.05) is 10.9 Å². The van der Waals surface area contributed by atoms with E-state index >= 15 is 0 Å². The van der Waals surface area contributed by atoms with Crippen molar-refractivity contribution in [2.45, 2.75) is 55.6 Å². The molecule has 0 aliphatic carbocycles. The first kappa shape index (κ1) is 16.9. The van der Waals surface area contributed by atoms with Gasteiger partial charge in [0.05, 0.1) is 31.1 Å². The van der Waals surface area contributed by atoms with Crippen LogP contribution in [0.4, 0.5) is 0 Å². The molecule has 0 unspecified atom stereocenters. The molecule has 6 atom stereocenters. The van der Waals surface area contributed by atoms with Gasteiger partial charge in [-0.05, 0) is 12.8 Å². The Morgan fingerprint density at radius 3 is 2.70 bits per heavy atom. The summed E-state index contributed by atoms with van der Waals surface area (Å²) in [6.07, 6.45) is 4.08. The Kier molecular flexibility index (Phi) is 5.41. The Morgan fingerprint density at radius 2 is 1.96 bits per heavy atom. The number of hydrogen-bond acceptors (Lipinski definition) is 6. The van der Waals surface area contributed by atoms with Crippen molar-refractivity contribution in [3.05, 3.63) is 11.9 Å². The maximum atomic E-state index is 5.92. The number of ether oxygens (including phenoxy) is 4. The molecule has 7 nitrogen and oxygen atoms in total. The molecule has 0 N–H and O–H groups in total. The van der Waals surface area contributed by atoms with E-state index in [1.165, 1.54) is 0 Å². The SMILES string of the molecule is B[C@H]1C[C@@H](OC)[C@@H](Cn2cc([C@@H]3C[C@H](B)O[C@@H]3COC)nn2)O1. The molecule has 0 bridgehead atoms. The van der Waals surface area contributed by atoms with Gasteiger partial charge in [0.15, 0.2) is 0 Å². The van der Waals surface area contributed by atoms with Crippen LogP contribution in [-0.4, -0.2) is 81.8 Å². The Morgan fingerprint density at radius 1 is 1.22 bits per heavy atom. The van der Waals surface area contributed by atoms with Crippen LogP contribution in [0, 0.1) is 0 Å². The summed E-state index contributed by atoms with van der Waals surface area (Å²) in [4.78, 5) is 0. The lowest BCUT2D eigenvalue weighted by atomic mass is 9.89. The molecule has 0 saturated carbocycles. The standard InChI is InChI=1S/C14H25B2N3O4/c1-20-7-12-8(3-13(15)23-12)9-5-19(18-17-9)6-11-10(21-2)4-14(16)22-11/h5,8,10-14H,3-4,6-7,15-16H2,1-2H3/t8-,10+,11+,12+,13+,14+/m0/s1. The zero-order chi connectivity index (χ0) is 16.4. The van der Waals surface area contributed by atoms with E-state index in [2.05, 4.69) is 26.0 Å². The van der Waals surface area contributed by atoms with Gasteiger partial charge >= 0.3 is 0 Å². The van der Waals surface area contributed by atoms with Crippen LogP contribution in [0.3, 0.4) is 0 Å². The number of nitrogens with zero attached hydrogens (tertiary/aromatic N) is 3. The second kappa shape index (κ2) is 7.34. The molecule has 23 heavy (non-hydrogen) atoms. The Hall–Kier alpha value is -0.890. The van der Waals surface area contributed by atoms with Gasteiger partial charge in [0.25, 0.3) is 0 Å². The highest BCUT2D eigenvalue weighted by molar-refractivity contribution is 6.11. The lowest BCUT2D eigenvalue weighted by molar-refractivity contribution is -0.00139. The predicted molar refractivity (Wildman–Crippen MR) is 89.1 cm³/mol. The van der Waals surface area contributed by atoms with Crippen LogP contribution in [0.2, 0.25) is 0 Å². The summed E-state index contributed by atoms with van der Waals surface area (Å²) in [7, 11) is 7.59. The predicted octanol–water partition coefficient (Wildman–Crippen LogP) is -1.48. The van der Waals surface area contributed by atoms with Gasteiger partial charge in [-0.2, -0.15) is 0 Å². The Labute approximate surface area is 138 Å². The largest absolute Gasteiger partial charge is 0.382 e. The fourth-order valence-corrected chi connectivity index (χ4v) is 3.68. The summed E-state index contributed by atoms with van der Waals surface area (Å²) >= 11 is 0. The first-order valence-corrected chi connectivity index (χ1v) is 8.33. The quantitative estimate of drug-likeness (QED) is 0.596. The van der Waals surface area contributed by atoms with Crippen LogP contribution in [0.25, 0.3) is 0 Å². The van der Waals surface area contributed by atoms with E-state index in [4.69, 9.17) is 18.9 Å². The van der Waals surface area contributed by atoms with Crippen molar-refractivity contribution in [1.29, 1.82) is 0 Å². The van der Waals surface area contributed by atoms with E-state index in [0.29, 0.717) is 13.2 Å². The third kappa shape index (κ3) is 3.79. The van der Waals surface area contributed by atoms with E-state index in [-0.39, 0.29) is 36.2 Å². The molecule has 1 aromatic heterocycles. The summed E-state index contributed by atoms with van der Waals surface area (Å²) in [5, 5.41) is 8.63. The molecule has 0 amide bonds. The molecule has 0 radical (unpaired) electrons. The minimum Gasteiger partial charge on any atom is -0.382 e. The molecule has 3 rings (SSSR count). The van der Waals surface area contributed by atoms with Crippen LogP contribution in [0.1, 0.15) is 24.5 Å². The third-order valence-corrected chi connectivity index (χ3v) is 4.76. The zero-order valence-corrected chi connectivity index (χ0v) is 14.3. The van der Waals surface area contributed by atoms with Crippen LogP contribution in [0.5, 0.6) is 0 Å². The fourth-order valence-electron chi connectivity index (χ4n) is 3.68. The van der Waals surface area contributed by atoms with Crippen molar-refractivity contribution in [1.82, 2.24) is 15.0 Å². The fraction of sp³-hybridized carbons (Fsp3) is 0.857. The van der Waals surface area contributed by atoms with Gasteiger partial charge in [0.1, 0.15) is 21.8 Å². The Bertz CT molecular complexity index is 518. The maximum absolute atomic E-state index is 5.92. The topological polar surface area (TPSA) is 67.6 Å². The number of methoxy groups -OCH3 is 2. The third-order valence-electron chi connectivity index (χ3n) is 4.76. The number of aromatic nitrogens is 3. The summed E-state index contributed by atoms with van der Waals surface area (Å²) in [5.74, 6) is 0.236. The molecule has 2 saturated heterocycles. The summed E-state index contributed by atoms with van der Waals surface area (Å²) in [6.45, 7) is 1.24. The van der Waals surface area contributed by atoms with Crippen molar-refractivity contribution < 1.29 is 18.9 Å². The van der Waals surface area contributed by atoms with Gasteiger partial charge < -0.3 is 18.9 Å². The lowest BCUT2D eigenvalue weighted by Crippen LogP contribution is -2.28. The van der Waals surface area contributed by atoms with Gasteiger partial charge in [0, 0.05) is 38.3 Å². The molecular formula is C14H25B2N3O4. The maximum Gasteiger partial charge on any atom is 0.139 e. The van der Waals surface area contributed by atoms with Gasteiger partial charge in [0.2, 0.25) is 0 Å². The normalized spacial score (nSPS) is 37.5. The summed E-state index contributed by atoms with van der Waals surface area (Å²) < 4.78 is 24.5. The van der Waals surface area contributed by atoms with Gasteiger partial charge in [-0.15, -0.1) is 5.10 Å². The van der Waals surface area contributed by atoms with Crippen LogP contribution >= 0.6 is 0 Å². The molecule has 2 fully saturated rings. The first-order valence-electron chi connectivity index (χ1n) is 8.33. The highest BCUT2D eigenvalue weighted by Gasteiger charge is 2.37. The minimum atomic E-state index is 0.0260. The summed E-state index contributed by atoms with van der Waals surface area (Å²) in [5.41, 5.74) is 0.969. The summed E-state index contributed by atoms with van der Waals surface area (Å²) in [6, 6.07) is 0.449. The lowest BCUT2D eigenvalue weighted by Gasteiger charge is -2.17. The highest BCUT2D eigenvalue weighted by atomic mass is 16.6. The smallest absolute Gasteiger partial charge is 0.139 e. The van der Waals surface area contributed by atoms with E-state index in [0.717, 1.165) is 18.5 Å². The molecule has 2 aliphatic rings. The zero-order valence-electron chi connectivity index (χ0n) is 14.3. The van der Waals surface area contributed by atoms with Gasteiger partial charge in [-0.3, -0.25) is 0 Å². The molecular weight excluding hydrogens is 296 g/mol. The van der Waals surface area contributed by atoms with Crippen molar-refractivity contribution >= 4 is 15.7 Å². The van der Waals surface area contributed by atoms with Crippen molar-refractivity contribution in [3.63, 3.8) is 0 Å². The molecule has 9 heteroatoms. The second-order valence-corrected chi connectivity index (χ2v) is 6.64. The molecule has 126 valence electrons. The molecule has 0 aromatic carbocycles. The molecule has 2 aliphatic heterocycles. The van der Waals surface area contributed by atoms with Gasteiger partial charge in [-0.1, -0.05) is 5.21 Å². The number of rotatable bonds is 6. The van der Waals surface area contributed by atoms with Crippen molar-refractivity contribution in [2.75, 3.05) is 20.8 Å². The Balaban J connectivity index is 1.66. The average molecular weight is 321 g/mol. The van der Waals surface area contributed by atoms with Crippen molar-refractivity contribution in [3.8, 4) is 0 Å². The van der Waals surface area contributed by atoms with E-state index < -0.39 is 0 Å². The highest BCUT2D eigenvalue weighted by Crippen LogP contribution is 2.33.